The first-order valence-corrected chi connectivity index (χ1v) is 11.7. The van der Waals surface area contributed by atoms with E-state index in [2.05, 4.69) is 68.0 Å². The smallest absolute Gasteiger partial charge is 0.277 e. The number of nitrogens with zero attached hydrogens (tertiary/aromatic N) is 1. The predicted octanol–water partition coefficient (Wildman–Crippen LogP) is 6.43. The maximum absolute atomic E-state index is 12.3. The fraction of sp³-hybridized carbons (Fsp3) is 0.333. The lowest BCUT2D eigenvalue weighted by Gasteiger charge is -2.27. The molecule has 0 unspecified atom stereocenters. The fourth-order valence-corrected chi connectivity index (χ4v) is 4.07. The summed E-state index contributed by atoms with van der Waals surface area (Å²) < 4.78 is 6.71. The quantitative estimate of drug-likeness (QED) is 0.306. The van der Waals surface area contributed by atoms with Gasteiger partial charge in [0.2, 0.25) is 0 Å². The lowest BCUT2D eigenvalue weighted by molar-refractivity contribution is -0.123. The Morgan fingerprint density at radius 2 is 1.58 bits per heavy atom. The summed E-state index contributed by atoms with van der Waals surface area (Å²) in [6.07, 6.45) is 1.59. The van der Waals surface area contributed by atoms with Gasteiger partial charge in [0, 0.05) is 21.0 Å². The Bertz CT molecular complexity index is 1170. The van der Waals surface area contributed by atoms with Crippen molar-refractivity contribution in [2.24, 2.45) is 5.10 Å². The van der Waals surface area contributed by atoms with Crippen LogP contribution in [0.1, 0.15) is 58.2 Å². The van der Waals surface area contributed by atoms with Crippen LogP contribution in [0.15, 0.2) is 58.1 Å². The molecule has 3 aromatic rings. The molecular formula is C27H31BrN2O3. The molecule has 5 nitrogen and oxygen atoms in total. The number of phenolic OH excluding ortho intramolecular Hbond substituents is 1. The molecule has 0 atom stereocenters. The number of carbonyl (C=O) groups is 1. The molecule has 3 aromatic carbocycles. The van der Waals surface area contributed by atoms with Gasteiger partial charge in [-0.15, -0.1) is 0 Å². The third-order valence-electron chi connectivity index (χ3n) is 5.34. The molecule has 0 aromatic heterocycles. The van der Waals surface area contributed by atoms with Gasteiger partial charge in [-0.05, 0) is 46.0 Å². The molecule has 0 saturated heterocycles. The van der Waals surface area contributed by atoms with E-state index in [1.807, 2.05) is 48.5 Å². The van der Waals surface area contributed by atoms with E-state index in [0.717, 1.165) is 31.9 Å². The van der Waals surface area contributed by atoms with Crippen molar-refractivity contribution in [2.45, 2.75) is 52.4 Å². The average Bonchev–Trinajstić information content (AvgIpc) is 2.73. The third kappa shape index (κ3) is 5.93. The van der Waals surface area contributed by atoms with E-state index in [1.54, 1.807) is 6.21 Å². The second kappa shape index (κ2) is 9.56. The van der Waals surface area contributed by atoms with Gasteiger partial charge in [0.15, 0.2) is 6.61 Å². The van der Waals surface area contributed by atoms with Crippen LogP contribution in [-0.2, 0) is 15.6 Å². The number of hydrogen-bond acceptors (Lipinski definition) is 4. The molecule has 2 N–H and O–H groups in total. The second-order valence-corrected chi connectivity index (χ2v) is 11.0. The number of aromatic hydroxyl groups is 1. The average molecular weight is 511 g/mol. The number of hydrazone groups is 1. The molecule has 1 amide bonds. The Kier molecular flexibility index (Phi) is 7.17. The fourth-order valence-electron chi connectivity index (χ4n) is 3.59. The van der Waals surface area contributed by atoms with E-state index >= 15 is 0 Å². The number of rotatable bonds is 5. The van der Waals surface area contributed by atoms with Gasteiger partial charge in [-0.1, -0.05) is 81.7 Å². The number of fused-ring (bicyclic) bond motifs is 1. The highest BCUT2D eigenvalue weighted by molar-refractivity contribution is 9.10. The van der Waals surface area contributed by atoms with Crippen molar-refractivity contribution >= 4 is 38.8 Å². The maximum Gasteiger partial charge on any atom is 0.277 e. The minimum Gasteiger partial charge on any atom is -0.507 e. The first kappa shape index (κ1) is 24.8. The Morgan fingerprint density at radius 1 is 1.00 bits per heavy atom. The maximum atomic E-state index is 12.3. The van der Waals surface area contributed by atoms with Crippen LogP contribution in [-0.4, -0.2) is 23.8 Å². The summed E-state index contributed by atoms with van der Waals surface area (Å²) in [6.45, 7) is 12.2. The number of nitrogens with one attached hydrogen (secondary N) is 1. The zero-order valence-corrected chi connectivity index (χ0v) is 21.6. The number of benzene rings is 3. The van der Waals surface area contributed by atoms with Gasteiger partial charge in [-0.25, -0.2) is 5.43 Å². The lowest BCUT2D eigenvalue weighted by Crippen LogP contribution is -2.24. The minimum absolute atomic E-state index is 0.154. The highest BCUT2D eigenvalue weighted by Crippen LogP contribution is 2.39. The van der Waals surface area contributed by atoms with Gasteiger partial charge in [-0.3, -0.25) is 4.79 Å². The van der Waals surface area contributed by atoms with Gasteiger partial charge in [-0.2, -0.15) is 5.10 Å². The summed E-state index contributed by atoms with van der Waals surface area (Å²) in [6, 6.07) is 15.4. The van der Waals surface area contributed by atoms with E-state index < -0.39 is 0 Å². The van der Waals surface area contributed by atoms with Crippen LogP contribution in [0.3, 0.4) is 0 Å². The highest BCUT2D eigenvalue weighted by atomic mass is 79.9. The van der Waals surface area contributed by atoms with Crippen molar-refractivity contribution < 1.29 is 14.6 Å². The number of carbonyl (C=O) groups excluding carboxylic acids is 1. The van der Waals surface area contributed by atoms with E-state index in [1.165, 1.54) is 0 Å². The van der Waals surface area contributed by atoms with Crippen LogP contribution >= 0.6 is 15.9 Å². The summed E-state index contributed by atoms with van der Waals surface area (Å²) in [7, 11) is 0. The van der Waals surface area contributed by atoms with Gasteiger partial charge in [0.05, 0.1) is 6.21 Å². The largest absolute Gasteiger partial charge is 0.507 e. The Morgan fingerprint density at radius 3 is 2.15 bits per heavy atom. The predicted molar refractivity (Wildman–Crippen MR) is 138 cm³/mol. The van der Waals surface area contributed by atoms with Crippen LogP contribution in [0.2, 0.25) is 0 Å². The van der Waals surface area contributed by atoms with Crippen molar-refractivity contribution in [2.75, 3.05) is 6.61 Å². The number of amides is 1. The lowest BCUT2D eigenvalue weighted by atomic mass is 9.78. The van der Waals surface area contributed by atoms with Crippen LogP contribution in [0.25, 0.3) is 10.8 Å². The summed E-state index contributed by atoms with van der Waals surface area (Å²) in [5.74, 6) is 0.589. The number of hydrogen-bond donors (Lipinski definition) is 2. The molecule has 3 rings (SSSR count). The molecule has 0 bridgehead atoms. The Labute approximate surface area is 204 Å². The van der Waals surface area contributed by atoms with Gasteiger partial charge < -0.3 is 9.84 Å². The van der Waals surface area contributed by atoms with Crippen molar-refractivity contribution in [1.82, 2.24) is 5.43 Å². The number of ether oxygens (including phenoxy) is 1. The standard InChI is InChI=1S/C27H31BrN2O3/c1-26(2,3)20-13-17(14-21(25(20)32)27(4,5)6)15-29-30-24(31)16-33-23-12-11-22(28)18-9-7-8-10-19(18)23/h7-15,32H,16H2,1-6H3,(H,30,31)/b29-15-. The van der Waals surface area contributed by atoms with Crippen LogP contribution in [0.5, 0.6) is 11.5 Å². The highest BCUT2D eigenvalue weighted by Gasteiger charge is 2.26. The molecule has 0 heterocycles. The zero-order chi connectivity index (χ0) is 24.4. The molecule has 33 heavy (non-hydrogen) atoms. The topological polar surface area (TPSA) is 70.9 Å². The molecule has 0 radical (unpaired) electrons. The molecule has 0 aliphatic carbocycles. The number of phenols is 1. The van der Waals surface area contributed by atoms with Crippen molar-refractivity contribution in [3.05, 3.63) is 69.7 Å². The minimum atomic E-state index is -0.357. The first-order valence-electron chi connectivity index (χ1n) is 10.9. The Hall–Kier alpha value is -2.86. The van der Waals surface area contributed by atoms with Crippen LogP contribution in [0.4, 0.5) is 0 Å². The van der Waals surface area contributed by atoms with E-state index in [0.29, 0.717) is 11.5 Å². The molecule has 0 spiro atoms. The van der Waals surface area contributed by atoms with E-state index in [-0.39, 0.29) is 23.3 Å². The SMILES string of the molecule is CC(C)(C)c1cc(/C=N\NC(=O)COc2ccc(Br)c3ccccc23)cc(C(C)(C)C)c1O. The monoisotopic (exact) mass is 510 g/mol. The van der Waals surface area contributed by atoms with Crippen LogP contribution in [0, 0.1) is 0 Å². The summed E-state index contributed by atoms with van der Waals surface area (Å²) in [4.78, 5) is 12.3. The molecule has 0 aliphatic heterocycles. The van der Waals surface area contributed by atoms with E-state index in [9.17, 15) is 9.90 Å². The zero-order valence-electron chi connectivity index (χ0n) is 20.0. The van der Waals surface area contributed by atoms with Crippen molar-refractivity contribution in [1.29, 1.82) is 0 Å². The summed E-state index contributed by atoms with van der Waals surface area (Å²) >= 11 is 3.54. The summed E-state index contributed by atoms with van der Waals surface area (Å²) in [5, 5.41) is 16.9. The van der Waals surface area contributed by atoms with E-state index in [4.69, 9.17) is 4.74 Å². The normalized spacial score (nSPS) is 12.3. The third-order valence-corrected chi connectivity index (χ3v) is 6.03. The first-order chi connectivity index (χ1) is 15.4. The molecular weight excluding hydrogens is 480 g/mol. The second-order valence-electron chi connectivity index (χ2n) is 10.1. The molecule has 0 saturated carbocycles. The molecule has 0 fully saturated rings. The summed E-state index contributed by atoms with van der Waals surface area (Å²) in [5.41, 5.74) is 4.54. The van der Waals surface area contributed by atoms with Crippen LogP contribution < -0.4 is 10.2 Å². The number of halogens is 1. The molecule has 174 valence electrons. The van der Waals surface area contributed by atoms with Gasteiger partial charge in [0.1, 0.15) is 11.5 Å². The van der Waals surface area contributed by atoms with Gasteiger partial charge in [0.25, 0.3) is 5.91 Å². The van der Waals surface area contributed by atoms with Gasteiger partial charge >= 0.3 is 0 Å². The molecule has 0 aliphatic rings. The molecule has 6 heteroatoms. The van der Waals surface area contributed by atoms with Crippen molar-refractivity contribution in [3.63, 3.8) is 0 Å². The van der Waals surface area contributed by atoms with Crippen molar-refractivity contribution in [3.8, 4) is 11.5 Å². The Balaban J connectivity index is 1.73.